The SMILES string of the molecule is CC1CC2(CC2C)O1. The van der Waals surface area contributed by atoms with Crippen molar-refractivity contribution in [2.24, 2.45) is 5.92 Å². The summed E-state index contributed by atoms with van der Waals surface area (Å²) in [7, 11) is 0. The second kappa shape index (κ2) is 1.10. The Balaban J connectivity index is 1.96. The molecule has 2 aliphatic rings. The third kappa shape index (κ3) is 0.408. The van der Waals surface area contributed by atoms with Crippen LogP contribution in [0.1, 0.15) is 26.7 Å². The minimum Gasteiger partial charge on any atom is -0.372 e. The van der Waals surface area contributed by atoms with Gasteiger partial charge in [0.2, 0.25) is 0 Å². The highest BCUT2D eigenvalue weighted by Crippen LogP contribution is 2.56. The Morgan fingerprint density at radius 1 is 1.38 bits per heavy atom. The molecule has 0 bridgehead atoms. The molecule has 8 heavy (non-hydrogen) atoms. The summed E-state index contributed by atoms with van der Waals surface area (Å²) < 4.78 is 5.55. The van der Waals surface area contributed by atoms with Crippen LogP contribution >= 0.6 is 0 Å². The fraction of sp³-hybridized carbons (Fsp3) is 1.00. The lowest BCUT2D eigenvalue weighted by molar-refractivity contribution is -0.141. The van der Waals surface area contributed by atoms with Crippen molar-refractivity contribution in [1.82, 2.24) is 0 Å². The lowest BCUT2D eigenvalue weighted by atomic mass is 10.0. The smallest absolute Gasteiger partial charge is 0.0740 e. The van der Waals surface area contributed by atoms with Crippen LogP contribution in [0.4, 0.5) is 0 Å². The van der Waals surface area contributed by atoms with E-state index in [0.29, 0.717) is 11.7 Å². The van der Waals surface area contributed by atoms with Gasteiger partial charge in [-0.3, -0.25) is 0 Å². The first-order valence-electron chi connectivity index (χ1n) is 3.41. The van der Waals surface area contributed by atoms with E-state index in [1.807, 2.05) is 0 Å². The minimum atomic E-state index is 0.402. The van der Waals surface area contributed by atoms with E-state index >= 15 is 0 Å². The second-order valence-electron chi connectivity index (χ2n) is 3.30. The number of rotatable bonds is 0. The lowest BCUT2D eigenvalue weighted by Gasteiger charge is -2.34. The van der Waals surface area contributed by atoms with Gasteiger partial charge in [-0.1, -0.05) is 6.92 Å². The largest absolute Gasteiger partial charge is 0.372 e. The average Bonchev–Trinajstić information content (AvgIpc) is 2.13. The van der Waals surface area contributed by atoms with Gasteiger partial charge in [0.25, 0.3) is 0 Å². The van der Waals surface area contributed by atoms with Gasteiger partial charge in [0.1, 0.15) is 0 Å². The van der Waals surface area contributed by atoms with Gasteiger partial charge in [-0.2, -0.15) is 0 Å². The van der Waals surface area contributed by atoms with Crippen molar-refractivity contribution < 1.29 is 4.74 Å². The van der Waals surface area contributed by atoms with Crippen molar-refractivity contribution in [3.63, 3.8) is 0 Å². The first-order valence-corrected chi connectivity index (χ1v) is 3.41. The van der Waals surface area contributed by atoms with Gasteiger partial charge in [0.15, 0.2) is 0 Å². The van der Waals surface area contributed by atoms with Crippen LogP contribution in [0.15, 0.2) is 0 Å². The summed E-state index contributed by atoms with van der Waals surface area (Å²) in [6.07, 6.45) is 3.19. The van der Waals surface area contributed by atoms with Crippen molar-refractivity contribution >= 4 is 0 Å². The Hall–Kier alpha value is -0.0400. The van der Waals surface area contributed by atoms with Gasteiger partial charge in [-0.15, -0.1) is 0 Å². The number of hydrogen-bond acceptors (Lipinski definition) is 1. The third-order valence-corrected chi connectivity index (χ3v) is 2.46. The zero-order valence-electron chi connectivity index (χ0n) is 5.48. The predicted octanol–water partition coefficient (Wildman–Crippen LogP) is 1.57. The monoisotopic (exact) mass is 112 g/mol. The average molecular weight is 112 g/mol. The summed E-state index contributed by atoms with van der Waals surface area (Å²) in [6.45, 7) is 4.42. The molecule has 0 aromatic carbocycles. The van der Waals surface area contributed by atoms with Gasteiger partial charge in [0.05, 0.1) is 11.7 Å². The molecule has 0 aromatic rings. The highest BCUT2D eigenvalue weighted by Gasteiger charge is 2.59. The molecule has 0 amide bonds. The molecule has 3 unspecified atom stereocenters. The molecule has 1 saturated heterocycles. The molecular formula is C7H12O. The molecule has 1 heterocycles. The van der Waals surface area contributed by atoms with E-state index < -0.39 is 0 Å². The predicted molar refractivity (Wildman–Crippen MR) is 31.7 cm³/mol. The van der Waals surface area contributed by atoms with Crippen LogP contribution in [0.25, 0.3) is 0 Å². The van der Waals surface area contributed by atoms with E-state index in [1.165, 1.54) is 12.8 Å². The molecule has 1 saturated carbocycles. The molecule has 0 N–H and O–H groups in total. The van der Waals surface area contributed by atoms with E-state index in [9.17, 15) is 0 Å². The Kier molecular flexibility index (Phi) is 0.663. The van der Waals surface area contributed by atoms with Crippen molar-refractivity contribution in [1.29, 1.82) is 0 Å². The van der Waals surface area contributed by atoms with E-state index in [1.54, 1.807) is 0 Å². The maximum atomic E-state index is 5.55. The van der Waals surface area contributed by atoms with Crippen LogP contribution in [-0.4, -0.2) is 11.7 Å². The molecule has 1 aliphatic heterocycles. The number of ether oxygens (including phenoxy) is 1. The van der Waals surface area contributed by atoms with Crippen molar-refractivity contribution in [2.45, 2.75) is 38.4 Å². The first kappa shape index (κ1) is 4.80. The topological polar surface area (TPSA) is 9.23 Å². The Bertz CT molecular complexity index is 114. The van der Waals surface area contributed by atoms with Gasteiger partial charge >= 0.3 is 0 Å². The van der Waals surface area contributed by atoms with Crippen LogP contribution in [0, 0.1) is 5.92 Å². The van der Waals surface area contributed by atoms with Crippen LogP contribution in [0.5, 0.6) is 0 Å². The summed E-state index contributed by atoms with van der Waals surface area (Å²) in [5, 5.41) is 0. The zero-order valence-corrected chi connectivity index (χ0v) is 5.48. The highest BCUT2D eigenvalue weighted by atomic mass is 16.5. The molecule has 3 atom stereocenters. The van der Waals surface area contributed by atoms with Gasteiger partial charge in [-0.05, 0) is 19.3 Å². The quantitative estimate of drug-likeness (QED) is 0.462. The minimum absolute atomic E-state index is 0.402. The normalized spacial score (nSPS) is 60.8. The van der Waals surface area contributed by atoms with Crippen molar-refractivity contribution in [3.05, 3.63) is 0 Å². The van der Waals surface area contributed by atoms with Crippen molar-refractivity contribution in [3.8, 4) is 0 Å². The molecule has 1 aliphatic carbocycles. The van der Waals surface area contributed by atoms with E-state index in [0.717, 1.165) is 5.92 Å². The van der Waals surface area contributed by atoms with Gasteiger partial charge < -0.3 is 4.74 Å². The molecule has 46 valence electrons. The molecule has 1 heteroatoms. The maximum Gasteiger partial charge on any atom is 0.0740 e. The first-order chi connectivity index (χ1) is 3.73. The molecule has 1 nitrogen and oxygen atoms in total. The maximum absolute atomic E-state index is 5.55. The third-order valence-electron chi connectivity index (χ3n) is 2.46. The standard InChI is InChI=1S/C7H12O/c1-5-3-7(5)4-6(2)8-7/h5-6H,3-4H2,1-2H3. The molecule has 1 spiro atoms. The van der Waals surface area contributed by atoms with E-state index in [-0.39, 0.29) is 0 Å². The Morgan fingerprint density at radius 3 is 2.00 bits per heavy atom. The molecule has 2 fully saturated rings. The lowest BCUT2D eigenvalue weighted by Crippen LogP contribution is -2.38. The summed E-state index contributed by atoms with van der Waals surface area (Å²) in [6, 6.07) is 0. The summed E-state index contributed by atoms with van der Waals surface area (Å²) in [5.74, 6) is 0.860. The van der Waals surface area contributed by atoms with Crippen LogP contribution in [-0.2, 0) is 4.74 Å². The fourth-order valence-corrected chi connectivity index (χ4v) is 1.79. The van der Waals surface area contributed by atoms with Crippen molar-refractivity contribution in [2.75, 3.05) is 0 Å². The molecule has 0 radical (unpaired) electrons. The summed E-state index contributed by atoms with van der Waals surface area (Å²) in [5.41, 5.74) is 0.402. The number of hydrogen-bond donors (Lipinski definition) is 0. The highest BCUT2D eigenvalue weighted by molar-refractivity contribution is 5.09. The fourth-order valence-electron chi connectivity index (χ4n) is 1.79. The van der Waals surface area contributed by atoms with Crippen LogP contribution in [0.2, 0.25) is 0 Å². The summed E-state index contributed by atoms with van der Waals surface area (Å²) in [4.78, 5) is 0. The van der Waals surface area contributed by atoms with Crippen LogP contribution < -0.4 is 0 Å². The van der Waals surface area contributed by atoms with Crippen LogP contribution in [0.3, 0.4) is 0 Å². The zero-order chi connectivity index (χ0) is 5.78. The molecule has 2 rings (SSSR count). The van der Waals surface area contributed by atoms with Gasteiger partial charge in [0, 0.05) is 6.42 Å². The van der Waals surface area contributed by atoms with Gasteiger partial charge in [-0.25, -0.2) is 0 Å². The Morgan fingerprint density at radius 2 is 1.88 bits per heavy atom. The molecular weight excluding hydrogens is 100 g/mol. The molecule has 0 aromatic heterocycles. The van der Waals surface area contributed by atoms with E-state index in [4.69, 9.17) is 4.74 Å². The van der Waals surface area contributed by atoms with E-state index in [2.05, 4.69) is 13.8 Å². The second-order valence-corrected chi connectivity index (χ2v) is 3.30. The Labute approximate surface area is 50.0 Å². The summed E-state index contributed by atoms with van der Waals surface area (Å²) >= 11 is 0.